The van der Waals surface area contributed by atoms with Gasteiger partial charge in [0.05, 0.1) is 18.0 Å². The first-order valence-electron chi connectivity index (χ1n) is 3.84. The average Bonchev–Trinajstić information content (AvgIpc) is 2.45. The Morgan fingerprint density at radius 2 is 2.38 bits per heavy atom. The number of likely N-dealkylation sites (tertiary alicyclic amines) is 1. The van der Waals surface area contributed by atoms with Crippen molar-refractivity contribution in [2.24, 2.45) is 0 Å². The first kappa shape index (κ1) is 9.15. The van der Waals surface area contributed by atoms with Gasteiger partial charge in [0.25, 0.3) is 5.91 Å². The summed E-state index contributed by atoms with van der Waals surface area (Å²) in [7, 11) is 0. The second kappa shape index (κ2) is 3.38. The lowest BCUT2D eigenvalue weighted by Gasteiger charge is -2.33. The standard InChI is InChI=1S/C8H7BrFNOS/c9-5-1-7(13-4-5)8(12)11-2-6(10)3-11/h1,4,6H,2-3H2. The van der Waals surface area contributed by atoms with Gasteiger partial charge >= 0.3 is 0 Å². The molecule has 2 heterocycles. The molecule has 0 N–H and O–H groups in total. The van der Waals surface area contributed by atoms with E-state index in [4.69, 9.17) is 0 Å². The average molecular weight is 264 g/mol. The van der Waals surface area contributed by atoms with Crippen LogP contribution in [0.4, 0.5) is 4.39 Å². The number of thiophene rings is 1. The van der Waals surface area contributed by atoms with Gasteiger partial charge in [-0.2, -0.15) is 0 Å². The molecular weight excluding hydrogens is 257 g/mol. The molecule has 0 bridgehead atoms. The lowest BCUT2D eigenvalue weighted by molar-refractivity contribution is 0.0405. The molecule has 1 aromatic heterocycles. The van der Waals surface area contributed by atoms with Crippen LogP contribution in [0.25, 0.3) is 0 Å². The Labute approximate surface area is 87.5 Å². The Bertz CT molecular complexity index is 335. The zero-order valence-electron chi connectivity index (χ0n) is 6.67. The third-order valence-electron chi connectivity index (χ3n) is 1.90. The van der Waals surface area contributed by atoms with Crippen LogP contribution in [0.15, 0.2) is 15.9 Å². The molecule has 1 amide bonds. The van der Waals surface area contributed by atoms with Crippen molar-refractivity contribution in [3.8, 4) is 0 Å². The zero-order valence-corrected chi connectivity index (χ0v) is 9.07. The summed E-state index contributed by atoms with van der Waals surface area (Å²) >= 11 is 4.64. The van der Waals surface area contributed by atoms with Crippen LogP contribution in [-0.2, 0) is 0 Å². The zero-order chi connectivity index (χ0) is 9.42. The summed E-state index contributed by atoms with van der Waals surface area (Å²) in [4.78, 5) is 13.7. The van der Waals surface area contributed by atoms with Crippen molar-refractivity contribution in [2.45, 2.75) is 6.17 Å². The van der Waals surface area contributed by atoms with Crippen LogP contribution in [0.3, 0.4) is 0 Å². The monoisotopic (exact) mass is 263 g/mol. The van der Waals surface area contributed by atoms with Gasteiger partial charge in [0, 0.05) is 9.85 Å². The van der Waals surface area contributed by atoms with E-state index in [0.717, 1.165) is 4.47 Å². The molecule has 1 aliphatic heterocycles. The van der Waals surface area contributed by atoms with Crippen LogP contribution in [0, 0.1) is 0 Å². The van der Waals surface area contributed by atoms with Gasteiger partial charge in [0.2, 0.25) is 0 Å². The van der Waals surface area contributed by atoms with Gasteiger partial charge in [-0.1, -0.05) is 0 Å². The molecule has 0 spiro atoms. The highest BCUT2D eigenvalue weighted by atomic mass is 79.9. The smallest absolute Gasteiger partial charge is 0.264 e. The SMILES string of the molecule is O=C(c1cc(Br)cs1)N1CC(F)C1. The van der Waals surface area contributed by atoms with Crippen LogP contribution >= 0.6 is 27.3 Å². The van der Waals surface area contributed by atoms with Gasteiger partial charge in [0.15, 0.2) is 0 Å². The van der Waals surface area contributed by atoms with Gasteiger partial charge in [-0.3, -0.25) is 4.79 Å². The predicted molar refractivity (Wildman–Crippen MR) is 52.8 cm³/mol. The normalized spacial score (nSPS) is 17.2. The molecule has 13 heavy (non-hydrogen) atoms. The van der Waals surface area contributed by atoms with Gasteiger partial charge < -0.3 is 4.90 Å². The van der Waals surface area contributed by atoms with E-state index in [1.165, 1.54) is 16.2 Å². The van der Waals surface area contributed by atoms with Crippen molar-refractivity contribution < 1.29 is 9.18 Å². The fraction of sp³-hybridized carbons (Fsp3) is 0.375. The van der Waals surface area contributed by atoms with Crippen LogP contribution in [0.1, 0.15) is 9.67 Å². The highest BCUT2D eigenvalue weighted by molar-refractivity contribution is 9.10. The number of rotatable bonds is 1. The highest BCUT2D eigenvalue weighted by Crippen LogP contribution is 2.23. The van der Waals surface area contributed by atoms with Crippen molar-refractivity contribution >= 4 is 33.2 Å². The van der Waals surface area contributed by atoms with Crippen molar-refractivity contribution in [1.29, 1.82) is 0 Å². The van der Waals surface area contributed by atoms with Crippen LogP contribution in [0.2, 0.25) is 0 Å². The second-order valence-electron chi connectivity index (χ2n) is 2.94. The molecule has 0 saturated carbocycles. The Morgan fingerprint density at radius 1 is 1.69 bits per heavy atom. The van der Waals surface area contributed by atoms with Gasteiger partial charge in [-0.05, 0) is 22.0 Å². The quantitative estimate of drug-likeness (QED) is 0.762. The lowest BCUT2D eigenvalue weighted by atomic mass is 10.2. The summed E-state index contributed by atoms with van der Waals surface area (Å²) in [5.41, 5.74) is 0. The molecule has 1 aromatic rings. The predicted octanol–water partition coefficient (Wildman–Crippen LogP) is 2.30. The maximum atomic E-state index is 12.4. The van der Waals surface area contributed by atoms with E-state index in [9.17, 15) is 9.18 Å². The third kappa shape index (κ3) is 1.76. The number of carbonyl (C=O) groups is 1. The van der Waals surface area contributed by atoms with Gasteiger partial charge in [-0.15, -0.1) is 11.3 Å². The Hall–Kier alpha value is -0.420. The molecule has 70 valence electrons. The van der Waals surface area contributed by atoms with Crippen molar-refractivity contribution in [3.05, 3.63) is 20.8 Å². The third-order valence-corrected chi connectivity index (χ3v) is 3.58. The van der Waals surface area contributed by atoms with Crippen LogP contribution < -0.4 is 0 Å². The summed E-state index contributed by atoms with van der Waals surface area (Å²) in [6.45, 7) is 0.489. The molecule has 5 heteroatoms. The van der Waals surface area contributed by atoms with E-state index in [0.29, 0.717) is 4.88 Å². The lowest BCUT2D eigenvalue weighted by Crippen LogP contribution is -2.51. The maximum absolute atomic E-state index is 12.4. The first-order valence-corrected chi connectivity index (χ1v) is 5.51. The summed E-state index contributed by atoms with van der Waals surface area (Å²) in [6, 6.07) is 1.76. The molecule has 1 saturated heterocycles. The number of amides is 1. The number of carbonyl (C=O) groups excluding carboxylic acids is 1. The molecule has 1 aliphatic rings. The van der Waals surface area contributed by atoms with Gasteiger partial charge in [0.1, 0.15) is 6.17 Å². The molecule has 0 aliphatic carbocycles. The molecule has 0 atom stereocenters. The van der Waals surface area contributed by atoms with E-state index in [1.54, 1.807) is 6.07 Å². The summed E-state index contributed by atoms with van der Waals surface area (Å²) in [6.07, 6.45) is -0.827. The molecule has 1 fully saturated rings. The van der Waals surface area contributed by atoms with E-state index >= 15 is 0 Å². The Morgan fingerprint density at radius 3 is 2.85 bits per heavy atom. The van der Waals surface area contributed by atoms with Gasteiger partial charge in [-0.25, -0.2) is 4.39 Å². The fourth-order valence-corrected chi connectivity index (χ4v) is 2.56. The summed E-state index contributed by atoms with van der Waals surface area (Å²) in [5, 5.41) is 1.85. The van der Waals surface area contributed by atoms with E-state index < -0.39 is 6.17 Å². The highest BCUT2D eigenvalue weighted by Gasteiger charge is 2.31. The molecular formula is C8H7BrFNOS. The molecule has 2 nitrogen and oxygen atoms in total. The number of hydrogen-bond donors (Lipinski definition) is 0. The van der Waals surface area contributed by atoms with Crippen LogP contribution in [0.5, 0.6) is 0 Å². The summed E-state index contributed by atoms with van der Waals surface area (Å²) < 4.78 is 13.4. The Balaban J connectivity index is 2.06. The number of alkyl halides is 1. The minimum atomic E-state index is -0.827. The van der Waals surface area contributed by atoms with E-state index in [1.807, 2.05) is 5.38 Å². The Kier molecular flexibility index (Phi) is 2.38. The van der Waals surface area contributed by atoms with Crippen molar-refractivity contribution in [3.63, 3.8) is 0 Å². The maximum Gasteiger partial charge on any atom is 0.264 e. The first-order chi connectivity index (χ1) is 6.16. The topological polar surface area (TPSA) is 20.3 Å². The van der Waals surface area contributed by atoms with Crippen LogP contribution in [-0.4, -0.2) is 30.1 Å². The number of halogens is 2. The second-order valence-corrected chi connectivity index (χ2v) is 4.76. The fourth-order valence-electron chi connectivity index (χ4n) is 1.17. The minimum absolute atomic E-state index is 0.0652. The van der Waals surface area contributed by atoms with Crippen molar-refractivity contribution in [2.75, 3.05) is 13.1 Å². The van der Waals surface area contributed by atoms with Crippen molar-refractivity contribution in [1.82, 2.24) is 4.90 Å². The molecule has 2 rings (SSSR count). The number of hydrogen-bond acceptors (Lipinski definition) is 2. The number of nitrogens with zero attached hydrogens (tertiary/aromatic N) is 1. The molecule has 0 radical (unpaired) electrons. The molecule has 0 unspecified atom stereocenters. The van der Waals surface area contributed by atoms with E-state index in [-0.39, 0.29) is 19.0 Å². The minimum Gasteiger partial charge on any atom is -0.332 e. The molecule has 0 aromatic carbocycles. The summed E-state index contributed by atoms with van der Waals surface area (Å²) in [5.74, 6) is -0.0652. The largest absolute Gasteiger partial charge is 0.332 e. The van der Waals surface area contributed by atoms with E-state index in [2.05, 4.69) is 15.9 Å².